The minimum absolute atomic E-state index is 0.0163. The number of benzene rings is 1. The van der Waals surface area contributed by atoms with E-state index in [1.807, 2.05) is 0 Å². The fourth-order valence-corrected chi connectivity index (χ4v) is 5.65. The highest BCUT2D eigenvalue weighted by atomic mass is 16.6. The van der Waals surface area contributed by atoms with Gasteiger partial charge in [0, 0.05) is 35.3 Å². The van der Waals surface area contributed by atoms with Gasteiger partial charge < -0.3 is 30.3 Å². The highest BCUT2D eigenvalue weighted by Crippen LogP contribution is 2.49. The Kier molecular flexibility index (Phi) is 9.99. The largest absolute Gasteiger partial charge is 0.479 e. The van der Waals surface area contributed by atoms with Crippen LogP contribution in [0.5, 0.6) is 11.5 Å². The molecule has 5 N–H and O–H groups in total. The number of carboxylic acid groups (broad SMARTS) is 2. The van der Waals surface area contributed by atoms with Crippen LogP contribution in [0.4, 0.5) is 0 Å². The number of carboxylic acids is 2. The number of amidine groups is 1. The number of Topliss-reactive ketones (excluding diaryl/α,β-unsaturated/α-hetero) is 1. The van der Waals surface area contributed by atoms with E-state index in [0.717, 1.165) is 0 Å². The van der Waals surface area contributed by atoms with E-state index in [4.69, 9.17) is 20.6 Å². The summed E-state index contributed by atoms with van der Waals surface area (Å²) in [5, 5.41) is 27.1. The lowest BCUT2D eigenvalue weighted by molar-refractivity contribution is -0.184. The van der Waals surface area contributed by atoms with Gasteiger partial charge in [-0.25, -0.2) is 9.59 Å². The Bertz CT molecular complexity index is 1130. The van der Waals surface area contributed by atoms with Crippen LogP contribution in [0.3, 0.4) is 0 Å². The Balaban J connectivity index is 2.34. The highest BCUT2D eigenvalue weighted by Gasteiger charge is 2.60. The van der Waals surface area contributed by atoms with Crippen molar-refractivity contribution in [3.63, 3.8) is 0 Å². The number of carbonyl (C=O) groups is 4. The van der Waals surface area contributed by atoms with Crippen LogP contribution in [0.15, 0.2) is 18.2 Å². The van der Waals surface area contributed by atoms with Crippen molar-refractivity contribution in [1.29, 1.82) is 5.41 Å². The standard InChI is InChI=1S/C29H43N3O8/c1-27(2,3)29(26(37)38,28(4,5)6)40-21-13-12-19(14-22(21)39-16-23(34)35)20(33)15-32(7)25(36)18-10-8-17(9-11-18)24(30)31/h12-14,17-18H,8-11,15-16H2,1-7H3,(H3,30,31)(H,34,35)(H,37,38). The van der Waals surface area contributed by atoms with Crippen LogP contribution in [0.25, 0.3) is 0 Å². The van der Waals surface area contributed by atoms with Gasteiger partial charge in [0.15, 0.2) is 23.9 Å². The maximum Gasteiger partial charge on any atom is 0.349 e. The second kappa shape index (κ2) is 12.3. The summed E-state index contributed by atoms with van der Waals surface area (Å²) >= 11 is 0. The summed E-state index contributed by atoms with van der Waals surface area (Å²) in [6, 6.07) is 4.15. The quantitative estimate of drug-likeness (QED) is 0.177. The van der Waals surface area contributed by atoms with Gasteiger partial charge in [0.2, 0.25) is 11.5 Å². The van der Waals surface area contributed by atoms with Crippen molar-refractivity contribution in [2.75, 3.05) is 20.2 Å². The first-order valence-electron chi connectivity index (χ1n) is 13.3. The molecule has 0 spiro atoms. The van der Waals surface area contributed by atoms with Crippen molar-refractivity contribution in [2.24, 2.45) is 28.4 Å². The number of rotatable bonds is 11. The molecule has 11 nitrogen and oxygen atoms in total. The molecule has 1 aliphatic rings. The summed E-state index contributed by atoms with van der Waals surface area (Å²) in [4.78, 5) is 51.4. The molecule has 11 heteroatoms. The Morgan fingerprint density at radius 2 is 1.48 bits per heavy atom. The van der Waals surface area contributed by atoms with Crippen molar-refractivity contribution < 1.29 is 38.9 Å². The Hall–Kier alpha value is -3.63. The van der Waals surface area contributed by atoms with E-state index in [0.29, 0.717) is 25.7 Å². The summed E-state index contributed by atoms with van der Waals surface area (Å²) in [6.45, 7) is 9.47. The van der Waals surface area contributed by atoms with E-state index in [1.54, 1.807) is 48.6 Å². The average Bonchev–Trinajstić information content (AvgIpc) is 2.83. The molecule has 0 radical (unpaired) electrons. The van der Waals surface area contributed by atoms with E-state index in [2.05, 4.69) is 0 Å². The number of amides is 1. The normalized spacial score (nSPS) is 18.0. The third kappa shape index (κ3) is 7.11. The molecule has 1 saturated carbocycles. The lowest BCUT2D eigenvalue weighted by atomic mass is 9.62. The molecule has 1 aromatic carbocycles. The molecule has 0 bridgehead atoms. The van der Waals surface area contributed by atoms with Gasteiger partial charge in [-0.2, -0.15) is 0 Å². The number of aliphatic carboxylic acids is 2. The van der Waals surface area contributed by atoms with E-state index in [1.165, 1.54) is 23.1 Å². The summed E-state index contributed by atoms with van der Waals surface area (Å²) in [5.74, 6) is -3.28. The van der Waals surface area contributed by atoms with Crippen molar-refractivity contribution in [2.45, 2.75) is 72.8 Å². The van der Waals surface area contributed by atoms with Gasteiger partial charge in [0.05, 0.1) is 12.4 Å². The third-order valence-corrected chi connectivity index (χ3v) is 7.57. The summed E-state index contributed by atoms with van der Waals surface area (Å²) in [6.07, 6.45) is 2.49. The maximum atomic E-state index is 13.2. The molecule has 0 aliphatic heterocycles. The van der Waals surface area contributed by atoms with Crippen LogP contribution < -0.4 is 15.2 Å². The number of nitrogens with zero attached hydrogens (tertiary/aromatic N) is 1. The van der Waals surface area contributed by atoms with Crippen LogP contribution in [0.2, 0.25) is 0 Å². The summed E-state index contributed by atoms with van der Waals surface area (Å²) in [5.41, 5.74) is 2.20. The Morgan fingerprint density at radius 1 is 0.950 bits per heavy atom. The number of nitrogens with one attached hydrogen (secondary N) is 1. The maximum absolute atomic E-state index is 13.2. The molecule has 1 aliphatic carbocycles. The van der Waals surface area contributed by atoms with Gasteiger partial charge in [-0.05, 0) is 43.9 Å². The monoisotopic (exact) mass is 561 g/mol. The zero-order valence-electron chi connectivity index (χ0n) is 24.5. The van der Waals surface area contributed by atoms with E-state index in [-0.39, 0.29) is 47.2 Å². The molecule has 0 atom stereocenters. The van der Waals surface area contributed by atoms with Crippen LogP contribution in [0.1, 0.15) is 77.6 Å². The smallest absolute Gasteiger partial charge is 0.349 e. The Morgan fingerprint density at radius 3 is 1.93 bits per heavy atom. The van der Waals surface area contributed by atoms with Gasteiger partial charge in [0.25, 0.3) is 0 Å². The molecular formula is C29H43N3O8. The molecule has 0 aromatic heterocycles. The fraction of sp³-hybridized carbons (Fsp3) is 0.621. The predicted octanol–water partition coefficient (Wildman–Crippen LogP) is 3.83. The lowest BCUT2D eigenvalue weighted by Crippen LogP contribution is -2.63. The summed E-state index contributed by atoms with van der Waals surface area (Å²) < 4.78 is 11.6. The topological polar surface area (TPSA) is 180 Å². The molecule has 40 heavy (non-hydrogen) atoms. The van der Waals surface area contributed by atoms with Crippen LogP contribution >= 0.6 is 0 Å². The summed E-state index contributed by atoms with van der Waals surface area (Å²) in [7, 11) is 1.55. The number of likely N-dealkylation sites (N-methyl/N-ethyl adjacent to an activating group) is 1. The van der Waals surface area contributed by atoms with Gasteiger partial charge in [-0.3, -0.25) is 15.0 Å². The van der Waals surface area contributed by atoms with Crippen LogP contribution in [0, 0.1) is 28.1 Å². The number of carbonyl (C=O) groups excluding carboxylic acids is 2. The zero-order valence-corrected chi connectivity index (χ0v) is 24.5. The highest BCUT2D eigenvalue weighted by molar-refractivity contribution is 6.00. The third-order valence-electron chi connectivity index (χ3n) is 7.57. The van der Waals surface area contributed by atoms with Crippen molar-refractivity contribution >= 4 is 29.5 Å². The average molecular weight is 562 g/mol. The minimum Gasteiger partial charge on any atom is -0.479 e. The SMILES string of the molecule is CN(CC(=O)c1ccc(OC(C(=O)O)(C(C)(C)C)C(C)(C)C)c(OCC(=O)O)c1)C(=O)C1CCC(C(=N)N)CC1. The molecule has 2 rings (SSSR count). The number of ketones is 1. The molecule has 1 amide bonds. The van der Waals surface area contributed by atoms with E-state index < -0.39 is 40.8 Å². The first-order valence-corrected chi connectivity index (χ1v) is 13.3. The van der Waals surface area contributed by atoms with E-state index >= 15 is 0 Å². The van der Waals surface area contributed by atoms with Gasteiger partial charge in [-0.15, -0.1) is 0 Å². The molecular weight excluding hydrogens is 518 g/mol. The second-order valence-electron chi connectivity index (χ2n) is 12.6. The molecule has 0 heterocycles. The van der Waals surface area contributed by atoms with Crippen LogP contribution in [-0.4, -0.2) is 70.4 Å². The predicted molar refractivity (Wildman–Crippen MR) is 149 cm³/mol. The number of nitrogens with two attached hydrogens (primary N) is 1. The lowest BCUT2D eigenvalue weighted by Gasteiger charge is -2.49. The van der Waals surface area contributed by atoms with Crippen LogP contribution in [-0.2, 0) is 14.4 Å². The zero-order chi connectivity index (χ0) is 30.6. The fourth-order valence-electron chi connectivity index (χ4n) is 5.65. The van der Waals surface area contributed by atoms with Crippen molar-refractivity contribution in [3.8, 4) is 11.5 Å². The number of hydrogen-bond acceptors (Lipinski definition) is 7. The molecule has 0 saturated heterocycles. The van der Waals surface area contributed by atoms with Gasteiger partial charge in [0.1, 0.15) is 0 Å². The molecule has 1 fully saturated rings. The Labute approximate surface area is 235 Å². The number of hydrogen-bond donors (Lipinski definition) is 4. The first-order chi connectivity index (χ1) is 18.3. The second-order valence-corrected chi connectivity index (χ2v) is 12.6. The minimum atomic E-state index is -1.75. The van der Waals surface area contributed by atoms with Crippen molar-refractivity contribution in [1.82, 2.24) is 4.90 Å². The first kappa shape index (κ1) is 32.6. The molecule has 1 aromatic rings. The van der Waals surface area contributed by atoms with E-state index in [9.17, 15) is 29.4 Å². The molecule has 0 unspecified atom stereocenters. The number of ether oxygens (including phenoxy) is 2. The van der Waals surface area contributed by atoms with Gasteiger partial charge in [-0.1, -0.05) is 41.5 Å². The van der Waals surface area contributed by atoms with Crippen molar-refractivity contribution in [3.05, 3.63) is 23.8 Å². The molecule has 222 valence electrons. The van der Waals surface area contributed by atoms with Gasteiger partial charge >= 0.3 is 11.9 Å².